The molecule has 1 N–H and O–H groups in total. The number of nitrogens with one attached hydrogen (secondary N) is 1. The molecule has 2 rings (SSSR count). The van der Waals surface area contributed by atoms with E-state index in [0.29, 0.717) is 24.7 Å². The highest BCUT2D eigenvalue weighted by atomic mass is 16.5. The molecule has 20 heavy (non-hydrogen) atoms. The lowest BCUT2D eigenvalue weighted by Gasteiger charge is -2.32. The monoisotopic (exact) mass is 279 g/mol. The summed E-state index contributed by atoms with van der Waals surface area (Å²) in [7, 11) is 3.70. The second-order valence-electron chi connectivity index (χ2n) is 4.82. The number of rotatable bonds is 5. The van der Waals surface area contributed by atoms with E-state index in [1.807, 2.05) is 4.90 Å². The molecular formula is C13H21N5O2. The fourth-order valence-corrected chi connectivity index (χ4v) is 1.99. The predicted octanol–water partition coefficient (Wildman–Crippen LogP) is -0.0775. The number of carbonyl (C=O) groups is 1. The topological polar surface area (TPSA) is 70.6 Å². The third kappa shape index (κ3) is 3.88. The molecule has 2 heterocycles. The van der Waals surface area contributed by atoms with Gasteiger partial charge in [0, 0.05) is 39.8 Å². The molecule has 110 valence electrons. The number of nitrogens with zero attached hydrogens (tertiary/aromatic N) is 4. The van der Waals surface area contributed by atoms with Gasteiger partial charge in [0.2, 0.25) is 0 Å². The molecule has 7 nitrogen and oxygen atoms in total. The molecule has 1 fully saturated rings. The van der Waals surface area contributed by atoms with Crippen molar-refractivity contribution in [3.05, 3.63) is 17.8 Å². The lowest BCUT2D eigenvalue weighted by Crippen LogP contribution is -2.47. The zero-order valence-corrected chi connectivity index (χ0v) is 12.0. The van der Waals surface area contributed by atoms with Gasteiger partial charge >= 0.3 is 0 Å². The van der Waals surface area contributed by atoms with Crippen LogP contribution in [0.2, 0.25) is 0 Å². The number of likely N-dealkylation sites (N-methyl/N-ethyl adjacent to an activating group) is 1. The molecule has 1 aromatic rings. The molecule has 1 aromatic heterocycles. The van der Waals surface area contributed by atoms with Crippen LogP contribution in [-0.4, -0.2) is 79.4 Å². The van der Waals surface area contributed by atoms with Crippen molar-refractivity contribution in [3.63, 3.8) is 0 Å². The number of anilines is 1. The first-order valence-electron chi connectivity index (χ1n) is 6.75. The molecular weight excluding hydrogens is 258 g/mol. The summed E-state index contributed by atoms with van der Waals surface area (Å²) in [6, 6.07) is 3.48. The van der Waals surface area contributed by atoms with Gasteiger partial charge in [-0.25, -0.2) is 0 Å². The second kappa shape index (κ2) is 7.16. The standard InChI is InChI=1S/C13H21N5O2/c1-17-6-8-18(9-7-17)13(19)11-3-4-12(16-15-11)14-5-10-20-2/h3-4H,5-10H2,1-2H3,(H,14,16). The number of hydrogen-bond donors (Lipinski definition) is 1. The SMILES string of the molecule is COCCNc1ccc(C(=O)N2CCN(C)CC2)nn1. The first-order valence-corrected chi connectivity index (χ1v) is 6.75. The minimum atomic E-state index is -0.0472. The molecule has 1 aliphatic heterocycles. The molecule has 0 bridgehead atoms. The number of piperazine rings is 1. The zero-order valence-electron chi connectivity index (χ0n) is 12.0. The normalized spacial score (nSPS) is 16.2. The highest BCUT2D eigenvalue weighted by molar-refractivity contribution is 5.92. The van der Waals surface area contributed by atoms with Gasteiger partial charge in [-0.05, 0) is 19.2 Å². The van der Waals surface area contributed by atoms with Gasteiger partial charge in [-0.2, -0.15) is 0 Å². The Morgan fingerprint density at radius 3 is 2.65 bits per heavy atom. The van der Waals surface area contributed by atoms with E-state index in [2.05, 4.69) is 27.5 Å². The van der Waals surface area contributed by atoms with Gasteiger partial charge in [0.1, 0.15) is 5.82 Å². The molecule has 0 spiro atoms. The molecule has 0 atom stereocenters. The average molecular weight is 279 g/mol. The first kappa shape index (κ1) is 14.7. The summed E-state index contributed by atoms with van der Waals surface area (Å²) in [5.74, 6) is 0.603. The quantitative estimate of drug-likeness (QED) is 0.760. The largest absolute Gasteiger partial charge is 0.383 e. The summed E-state index contributed by atoms with van der Waals surface area (Å²) in [6.45, 7) is 4.54. The van der Waals surface area contributed by atoms with Crippen LogP contribution in [0.1, 0.15) is 10.5 Å². The van der Waals surface area contributed by atoms with E-state index in [1.54, 1.807) is 19.2 Å². The summed E-state index contributed by atoms with van der Waals surface area (Å²) >= 11 is 0. The smallest absolute Gasteiger partial charge is 0.274 e. The van der Waals surface area contributed by atoms with Gasteiger partial charge in [0.15, 0.2) is 5.69 Å². The van der Waals surface area contributed by atoms with Gasteiger partial charge in [-0.15, -0.1) is 10.2 Å². The molecule has 0 aromatic carbocycles. The van der Waals surface area contributed by atoms with Gasteiger partial charge in [-0.1, -0.05) is 0 Å². The molecule has 0 unspecified atom stereocenters. The Morgan fingerprint density at radius 1 is 1.30 bits per heavy atom. The summed E-state index contributed by atoms with van der Waals surface area (Å²) in [4.78, 5) is 16.3. The van der Waals surface area contributed by atoms with Crippen molar-refractivity contribution in [2.45, 2.75) is 0 Å². The third-order valence-corrected chi connectivity index (χ3v) is 3.29. The van der Waals surface area contributed by atoms with Crippen LogP contribution in [0.5, 0.6) is 0 Å². The number of methoxy groups -OCH3 is 1. The van der Waals surface area contributed by atoms with Crippen LogP contribution < -0.4 is 5.32 Å². The number of carbonyl (C=O) groups excluding carboxylic acids is 1. The lowest BCUT2D eigenvalue weighted by atomic mass is 10.3. The van der Waals surface area contributed by atoms with Crippen LogP contribution in [0.15, 0.2) is 12.1 Å². The van der Waals surface area contributed by atoms with Crippen LogP contribution in [0.25, 0.3) is 0 Å². The summed E-state index contributed by atoms with van der Waals surface area (Å²) in [6.07, 6.45) is 0. The summed E-state index contributed by atoms with van der Waals surface area (Å²) in [5, 5.41) is 11.1. The third-order valence-electron chi connectivity index (χ3n) is 3.29. The van der Waals surface area contributed by atoms with Crippen molar-refractivity contribution in [2.24, 2.45) is 0 Å². The first-order chi connectivity index (χ1) is 9.70. The minimum absolute atomic E-state index is 0.0472. The van der Waals surface area contributed by atoms with Gasteiger partial charge in [0.05, 0.1) is 6.61 Å². The molecule has 0 saturated carbocycles. The van der Waals surface area contributed by atoms with E-state index in [4.69, 9.17) is 4.74 Å². The highest BCUT2D eigenvalue weighted by Crippen LogP contribution is 2.07. The van der Waals surface area contributed by atoms with Crippen molar-refractivity contribution in [3.8, 4) is 0 Å². The lowest BCUT2D eigenvalue weighted by molar-refractivity contribution is 0.0657. The Hall–Kier alpha value is -1.73. The van der Waals surface area contributed by atoms with E-state index in [-0.39, 0.29) is 5.91 Å². The Labute approximate surface area is 118 Å². The molecule has 0 radical (unpaired) electrons. The number of aromatic nitrogens is 2. The predicted molar refractivity (Wildman–Crippen MR) is 75.8 cm³/mol. The summed E-state index contributed by atoms with van der Waals surface area (Å²) in [5.41, 5.74) is 0.395. The van der Waals surface area contributed by atoms with Crippen molar-refractivity contribution in [1.82, 2.24) is 20.0 Å². The maximum Gasteiger partial charge on any atom is 0.274 e. The second-order valence-corrected chi connectivity index (χ2v) is 4.82. The Kier molecular flexibility index (Phi) is 5.25. The Balaban J connectivity index is 1.90. The van der Waals surface area contributed by atoms with E-state index >= 15 is 0 Å². The van der Waals surface area contributed by atoms with Gasteiger partial charge < -0.3 is 19.9 Å². The fourth-order valence-electron chi connectivity index (χ4n) is 1.99. The fraction of sp³-hybridized carbons (Fsp3) is 0.615. The zero-order chi connectivity index (χ0) is 14.4. The van der Waals surface area contributed by atoms with E-state index in [0.717, 1.165) is 26.2 Å². The molecule has 0 aliphatic carbocycles. The highest BCUT2D eigenvalue weighted by Gasteiger charge is 2.21. The maximum absolute atomic E-state index is 12.2. The molecule has 1 amide bonds. The Bertz CT molecular complexity index is 429. The molecule has 1 saturated heterocycles. The van der Waals surface area contributed by atoms with Crippen LogP contribution in [0.4, 0.5) is 5.82 Å². The van der Waals surface area contributed by atoms with Crippen LogP contribution in [0.3, 0.4) is 0 Å². The number of ether oxygens (including phenoxy) is 1. The van der Waals surface area contributed by atoms with E-state index in [1.165, 1.54) is 0 Å². The Morgan fingerprint density at radius 2 is 2.05 bits per heavy atom. The van der Waals surface area contributed by atoms with E-state index in [9.17, 15) is 4.79 Å². The van der Waals surface area contributed by atoms with E-state index < -0.39 is 0 Å². The van der Waals surface area contributed by atoms with Crippen LogP contribution >= 0.6 is 0 Å². The van der Waals surface area contributed by atoms with Crippen molar-refractivity contribution >= 4 is 11.7 Å². The van der Waals surface area contributed by atoms with Gasteiger partial charge in [0.25, 0.3) is 5.91 Å². The van der Waals surface area contributed by atoms with Crippen molar-refractivity contribution in [2.75, 3.05) is 58.8 Å². The van der Waals surface area contributed by atoms with Crippen molar-refractivity contribution in [1.29, 1.82) is 0 Å². The van der Waals surface area contributed by atoms with Crippen molar-refractivity contribution < 1.29 is 9.53 Å². The maximum atomic E-state index is 12.2. The van der Waals surface area contributed by atoms with Crippen LogP contribution in [0, 0.1) is 0 Å². The number of amides is 1. The summed E-state index contributed by atoms with van der Waals surface area (Å²) < 4.78 is 4.94. The van der Waals surface area contributed by atoms with Crippen LogP contribution in [-0.2, 0) is 4.74 Å². The minimum Gasteiger partial charge on any atom is -0.383 e. The average Bonchev–Trinajstić information content (AvgIpc) is 2.48. The van der Waals surface area contributed by atoms with Gasteiger partial charge in [-0.3, -0.25) is 4.79 Å². The molecule has 7 heteroatoms. The molecule has 1 aliphatic rings. The number of hydrogen-bond acceptors (Lipinski definition) is 6.